The van der Waals surface area contributed by atoms with E-state index < -0.39 is 0 Å². The van der Waals surface area contributed by atoms with Gasteiger partial charge >= 0.3 is 0 Å². The predicted octanol–water partition coefficient (Wildman–Crippen LogP) is 3.30. The van der Waals surface area contributed by atoms with Crippen LogP contribution in [0.25, 0.3) is 0 Å². The number of rotatable bonds is 4. The molecule has 0 saturated heterocycles. The van der Waals surface area contributed by atoms with E-state index in [0.717, 1.165) is 13.1 Å². The second-order valence-corrected chi connectivity index (χ2v) is 4.90. The van der Waals surface area contributed by atoms with Crippen LogP contribution in [0.4, 0.5) is 0 Å². The van der Waals surface area contributed by atoms with E-state index in [9.17, 15) is 0 Å². The Balaban J connectivity index is 1.94. The van der Waals surface area contributed by atoms with E-state index in [1.807, 2.05) is 12.4 Å². The van der Waals surface area contributed by atoms with Crippen molar-refractivity contribution in [2.75, 3.05) is 0 Å². The molecule has 0 radical (unpaired) electrons. The zero-order valence-electron chi connectivity index (χ0n) is 11.3. The highest BCUT2D eigenvalue weighted by molar-refractivity contribution is 5.28. The Morgan fingerprint density at radius 2 is 1.72 bits per heavy atom. The minimum Gasteiger partial charge on any atom is -0.309 e. The number of aromatic nitrogens is 1. The first-order valence-corrected chi connectivity index (χ1v) is 6.32. The largest absolute Gasteiger partial charge is 0.309 e. The maximum atomic E-state index is 4.11. The number of benzene rings is 1. The van der Waals surface area contributed by atoms with Gasteiger partial charge in [0.1, 0.15) is 0 Å². The van der Waals surface area contributed by atoms with E-state index in [2.05, 4.69) is 55.3 Å². The van der Waals surface area contributed by atoms with E-state index in [1.165, 1.54) is 27.8 Å². The summed E-state index contributed by atoms with van der Waals surface area (Å²) >= 11 is 0. The van der Waals surface area contributed by atoms with Gasteiger partial charge in [0.25, 0.3) is 0 Å². The van der Waals surface area contributed by atoms with Gasteiger partial charge in [-0.1, -0.05) is 29.3 Å². The topological polar surface area (TPSA) is 24.9 Å². The molecule has 1 heterocycles. The molecular weight excluding hydrogens is 220 g/mol. The molecule has 0 fully saturated rings. The molecule has 0 saturated carbocycles. The Hall–Kier alpha value is -1.67. The summed E-state index contributed by atoms with van der Waals surface area (Å²) in [7, 11) is 0. The summed E-state index contributed by atoms with van der Waals surface area (Å²) in [5.74, 6) is 0. The van der Waals surface area contributed by atoms with Gasteiger partial charge in [0.05, 0.1) is 0 Å². The Labute approximate surface area is 109 Å². The number of aryl methyl sites for hydroxylation is 3. The van der Waals surface area contributed by atoms with E-state index in [-0.39, 0.29) is 0 Å². The first kappa shape index (κ1) is 12.8. The zero-order chi connectivity index (χ0) is 13.0. The SMILES string of the molecule is Cc1cc(C)cc(CNCc2ccncc2C)c1. The van der Waals surface area contributed by atoms with Gasteiger partial charge in [-0.3, -0.25) is 4.98 Å². The molecule has 1 aromatic carbocycles. The number of hydrogen-bond donors (Lipinski definition) is 1. The highest BCUT2D eigenvalue weighted by Gasteiger charge is 1.99. The van der Waals surface area contributed by atoms with Gasteiger partial charge in [-0.15, -0.1) is 0 Å². The van der Waals surface area contributed by atoms with Crippen LogP contribution in [-0.4, -0.2) is 4.98 Å². The summed E-state index contributed by atoms with van der Waals surface area (Å²) in [5.41, 5.74) is 6.55. The summed E-state index contributed by atoms with van der Waals surface area (Å²) in [4.78, 5) is 4.11. The Morgan fingerprint density at radius 3 is 2.39 bits per heavy atom. The van der Waals surface area contributed by atoms with Crippen molar-refractivity contribution in [2.45, 2.75) is 33.9 Å². The summed E-state index contributed by atoms with van der Waals surface area (Å²) in [6.07, 6.45) is 3.76. The molecular formula is C16H20N2. The maximum Gasteiger partial charge on any atom is 0.0300 e. The molecule has 2 heteroatoms. The fraction of sp³-hybridized carbons (Fsp3) is 0.312. The van der Waals surface area contributed by atoms with Crippen molar-refractivity contribution in [1.29, 1.82) is 0 Å². The minimum absolute atomic E-state index is 0.890. The molecule has 2 rings (SSSR count). The van der Waals surface area contributed by atoms with Crippen molar-refractivity contribution in [1.82, 2.24) is 10.3 Å². The lowest BCUT2D eigenvalue weighted by molar-refractivity contribution is 0.689. The van der Waals surface area contributed by atoms with Crippen molar-refractivity contribution in [3.05, 3.63) is 64.5 Å². The molecule has 2 aromatic rings. The lowest BCUT2D eigenvalue weighted by atomic mass is 10.1. The van der Waals surface area contributed by atoms with Crippen molar-refractivity contribution in [3.63, 3.8) is 0 Å². The van der Waals surface area contributed by atoms with Gasteiger partial charge in [0.2, 0.25) is 0 Å². The van der Waals surface area contributed by atoms with Crippen LogP contribution in [0, 0.1) is 20.8 Å². The van der Waals surface area contributed by atoms with Gasteiger partial charge in [-0.05, 0) is 43.5 Å². The van der Waals surface area contributed by atoms with Gasteiger partial charge in [-0.25, -0.2) is 0 Å². The summed E-state index contributed by atoms with van der Waals surface area (Å²) in [6.45, 7) is 8.18. The average Bonchev–Trinajstić information content (AvgIpc) is 2.30. The van der Waals surface area contributed by atoms with Crippen LogP contribution < -0.4 is 5.32 Å². The van der Waals surface area contributed by atoms with Crippen LogP contribution >= 0.6 is 0 Å². The van der Waals surface area contributed by atoms with Crippen LogP contribution in [0.3, 0.4) is 0 Å². The number of hydrogen-bond acceptors (Lipinski definition) is 2. The Morgan fingerprint density at radius 1 is 1.00 bits per heavy atom. The molecule has 0 aliphatic rings. The van der Waals surface area contributed by atoms with Crippen LogP contribution in [0.5, 0.6) is 0 Å². The molecule has 0 aliphatic carbocycles. The van der Waals surface area contributed by atoms with Crippen molar-refractivity contribution in [3.8, 4) is 0 Å². The third-order valence-corrected chi connectivity index (χ3v) is 3.06. The molecule has 0 unspecified atom stereocenters. The Kier molecular flexibility index (Phi) is 4.11. The molecule has 0 spiro atoms. The van der Waals surface area contributed by atoms with Gasteiger partial charge in [0.15, 0.2) is 0 Å². The van der Waals surface area contributed by atoms with Crippen molar-refractivity contribution < 1.29 is 0 Å². The maximum absolute atomic E-state index is 4.11. The predicted molar refractivity (Wildman–Crippen MR) is 75.4 cm³/mol. The third kappa shape index (κ3) is 3.41. The fourth-order valence-electron chi connectivity index (χ4n) is 2.21. The smallest absolute Gasteiger partial charge is 0.0300 e. The highest BCUT2D eigenvalue weighted by Crippen LogP contribution is 2.09. The monoisotopic (exact) mass is 240 g/mol. The van der Waals surface area contributed by atoms with Crippen LogP contribution in [0.2, 0.25) is 0 Å². The molecule has 94 valence electrons. The molecule has 1 N–H and O–H groups in total. The van der Waals surface area contributed by atoms with Crippen molar-refractivity contribution in [2.24, 2.45) is 0 Å². The summed E-state index contributed by atoms with van der Waals surface area (Å²) < 4.78 is 0. The highest BCUT2D eigenvalue weighted by atomic mass is 14.8. The summed E-state index contributed by atoms with van der Waals surface area (Å²) in [5, 5.41) is 3.49. The first-order chi connectivity index (χ1) is 8.65. The molecule has 0 amide bonds. The molecule has 2 nitrogen and oxygen atoms in total. The number of pyridine rings is 1. The van der Waals surface area contributed by atoms with E-state index in [4.69, 9.17) is 0 Å². The normalized spacial score (nSPS) is 10.6. The lowest BCUT2D eigenvalue weighted by Crippen LogP contribution is -2.13. The second-order valence-electron chi connectivity index (χ2n) is 4.90. The van der Waals surface area contributed by atoms with Crippen LogP contribution in [0.15, 0.2) is 36.7 Å². The molecule has 0 bridgehead atoms. The van der Waals surface area contributed by atoms with Crippen LogP contribution in [0.1, 0.15) is 27.8 Å². The van der Waals surface area contributed by atoms with E-state index in [1.54, 1.807) is 0 Å². The lowest BCUT2D eigenvalue weighted by Gasteiger charge is -2.09. The second kappa shape index (κ2) is 5.78. The minimum atomic E-state index is 0.890. The van der Waals surface area contributed by atoms with Gasteiger partial charge < -0.3 is 5.32 Å². The van der Waals surface area contributed by atoms with Crippen molar-refractivity contribution >= 4 is 0 Å². The number of nitrogens with zero attached hydrogens (tertiary/aromatic N) is 1. The quantitative estimate of drug-likeness (QED) is 0.887. The standard InChI is InChI=1S/C16H20N2/c1-12-6-13(2)8-15(7-12)10-18-11-16-4-5-17-9-14(16)3/h4-9,18H,10-11H2,1-3H3. The van der Waals surface area contributed by atoms with E-state index >= 15 is 0 Å². The first-order valence-electron chi connectivity index (χ1n) is 6.32. The molecule has 1 aromatic heterocycles. The molecule has 0 atom stereocenters. The average molecular weight is 240 g/mol. The van der Waals surface area contributed by atoms with E-state index in [0.29, 0.717) is 0 Å². The zero-order valence-corrected chi connectivity index (χ0v) is 11.3. The number of nitrogens with one attached hydrogen (secondary N) is 1. The third-order valence-electron chi connectivity index (χ3n) is 3.06. The summed E-state index contributed by atoms with van der Waals surface area (Å²) in [6, 6.07) is 8.75. The Bertz CT molecular complexity index is 512. The molecule has 0 aliphatic heterocycles. The van der Waals surface area contributed by atoms with Gasteiger partial charge in [-0.2, -0.15) is 0 Å². The fourth-order valence-corrected chi connectivity index (χ4v) is 2.21. The van der Waals surface area contributed by atoms with Gasteiger partial charge in [0, 0.05) is 25.5 Å². The molecule has 18 heavy (non-hydrogen) atoms. The van der Waals surface area contributed by atoms with Crippen LogP contribution in [-0.2, 0) is 13.1 Å².